The summed E-state index contributed by atoms with van der Waals surface area (Å²) in [6, 6.07) is 9.70. The number of likely N-dealkylation sites (tertiary alicyclic amines) is 1. The maximum absolute atomic E-state index is 15.0. The molecule has 2 heterocycles. The van der Waals surface area contributed by atoms with Crippen LogP contribution in [0.2, 0.25) is 0 Å². The second-order valence-electron chi connectivity index (χ2n) is 6.34. The lowest BCUT2D eigenvalue weighted by atomic mass is 9.85. The van der Waals surface area contributed by atoms with E-state index in [0.717, 1.165) is 44.2 Å². The summed E-state index contributed by atoms with van der Waals surface area (Å²) in [5.74, 6) is 0.757. The minimum atomic E-state index is -1.11. The molecular weight excluding hydrogens is 287 g/mol. The molecule has 2 aliphatic rings. The van der Waals surface area contributed by atoms with Gasteiger partial charge in [-0.1, -0.05) is 30.3 Å². The summed E-state index contributed by atoms with van der Waals surface area (Å²) in [6.07, 6.45) is 3.88. The molecule has 118 valence electrons. The van der Waals surface area contributed by atoms with Crippen molar-refractivity contribution < 1.29 is 4.39 Å². The van der Waals surface area contributed by atoms with E-state index in [4.69, 9.17) is 0 Å². The average molecular weight is 313 g/mol. The molecule has 1 aromatic carbocycles. The van der Waals surface area contributed by atoms with Gasteiger partial charge < -0.3 is 10.2 Å². The fourth-order valence-electron chi connectivity index (χ4n) is 3.56. The van der Waals surface area contributed by atoms with Crippen LogP contribution in [0.3, 0.4) is 0 Å². The van der Waals surface area contributed by atoms with E-state index in [0.29, 0.717) is 12.8 Å². The van der Waals surface area contributed by atoms with Crippen LogP contribution in [0.25, 0.3) is 0 Å². The molecule has 3 rings (SSSR count). The van der Waals surface area contributed by atoms with E-state index < -0.39 is 5.67 Å². The molecule has 0 aliphatic carbocycles. The number of halogens is 2. The Bertz CT molecular complexity index is 412. The van der Waals surface area contributed by atoms with Crippen LogP contribution < -0.4 is 5.32 Å². The minimum Gasteiger partial charge on any atom is -0.316 e. The van der Waals surface area contributed by atoms with Crippen molar-refractivity contribution in [3.63, 3.8) is 0 Å². The maximum atomic E-state index is 15.0. The number of nitrogens with one attached hydrogen (secondary N) is 1. The number of hydrogen-bond acceptors (Lipinski definition) is 2. The zero-order valence-corrected chi connectivity index (χ0v) is 13.4. The normalized spacial score (nSPS) is 26.0. The smallest absolute Gasteiger partial charge is 0.138 e. The molecule has 4 heteroatoms. The number of rotatable bonds is 3. The Kier molecular flexibility index (Phi) is 6.03. The largest absolute Gasteiger partial charge is 0.316 e. The molecule has 2 aliphatic heterocycles. The monoisotopic (exact) mass is 312 g/mol. The predicted molar refractivity (Wildman–Crippen MR) is 87.7 cm³/mol. The van der Waals surface area contributed by atoms with E-state index in [1.54, 1.807) is 0 Å². The number of piperidine rings is 2. The number of alkyl halides is 1. The van der Waals surface area contributed by atoms with Crippen LogP contribution in [-0.4, -0.2) is 37.6 Å². The lowest BCUT2D eigenvalue weighted by Crippen LogP contribution is -2.44. The molecule has 1 atom stereocenters. The van der Waals surface area contributed by atoms with Crippen molar-refractivity contribution in [2.24, 2.45) is 5.92 Å². The van der Waals surface area contributed by atoms with Crippen molar-refractivity contribution in [3.8, 4) is 0 Å². The van der Waals surface area contributed by atoms with Gasteiger partial charge in [-0.15, -0.1) is 12.4 Å². The molecule has 0 amide bonds. The van der Waals surface area contributed by atoms with Gasteiger partial charge in [-0.3, -0.25) is 0 Å². The summed E-state index contributed by atoms with van der Waals surface area (Å²) in [5.41, 5.74) is -0.248. The second kappa shape index (κ2) is 7.57. The third kappa shape index (κ3) is 4.18. The van der Waals surface area contributed by atoms with Crippen LogP contribution in [0.15, 0.2) is 30.3 Å². The lowest BCUT2D eigenvalue weighted by molar-refractivity contribution is 0.0470. The van der Waals surface area contributed by atoms with Gasteiger partial charge in [0.15, 0.2) is 0 Å². The van der Waals surface area contributed by atoms with Gasteiger partial charge in [-0.05, 0) is 50.3 Å². The summed E-state index contributed by atoms with van der Waals surface area (Å²) >= 11 is 0. The third-order valence-corrected chi connectivity index (χ3v) is 4.86. The molecule has 0 bridgehead atoms. The molecule has 0 radical (unpaired) electrons. The van der Waals surface area contributed by atoms with Gasteiger partial charge in [-0.2, -0.15) is 0 Å². The van der Waals surface area contributed by atoms with Gasteiger partial charge in [0, 0.05) is 19.6 Å². The molecular formula is C17H26ClFN2. The molecule has 2 fully saturated rings. The maximum Gasteiger partial charge on any atom is 0.138 e. The highest BCUT2D eigenvalue weighted by Crippen LogP contribution is 2.37. The van der Waals surface area contributed by atoms with Crippen LogP contribution in [0.1, 0.15) is 31.2 Å². The van der Waals surface area contributed by atoms with Crippen LogP contribution in [-0.2, 0) is 5.67 Å². The van der Waals surface area contributed by atoms with Crippen LogP contribution in [0, 0.1) is 5.92 Å². The molecule has 0 aromatic heterocycles. The van der Waals surface area contributed by atoms with E-state index in [1.807, 2.05) is 30.3 Å². The first-order valence-corrected chi connectivity index (χ1v) is 7.94. The van der Waals surface area contributed by atoms with E-state index in [2.05, 4.69) is 10.2 Å². The summed E-state index contributed by atoms with van der Waals surface area (Å²) in [6.45, 7) is 5.22. The molecule has 2 saturated heterocycles. The van der Waals surface area contributed by atoms with Crippen LogP contribution in [0.4, 0.5) is 4.39 Å². The van der Waals surface area contributed by atoms with Gasteiger partial charge in [-0.25, -0.2) is 4.39 Å². The minimum absolute atomic E-state index is 0. The van der Waals surface area contributed by atoms with Crippen molar-refractivity contribution >= 4 is 12.4 Å². The van der Waals surface area contributed by atoms with Crippen molar-refractivity contribution in [2.45, 2.75) is 31.4 Å². The second-order valence-corrected chi connectivity index (χ2v) is 6.34. The van der Waals surface area contributed by atoms with Crippen LogP contribution >= 0.6 is 12.4 Å². The fourth-order valence-corrected chi connectivity index (χ4v) is 3.56. The number of hydrogen-bond donors (Lipinski definition) is 1. The Hall–Kier alpha value is -0.640. The standard InChI is InChI=1S/C17H25FN2.ClH/c18-17(16-6-2-1-3-7-16)8-11-20(12-9-17)14-15-5-4-10-19-13-15;/h1-3,6-7,15,19H,4-5,8-14H2;1H. The molecule has 2 nitrogen and oxygen atoms in total. The van der Waals surface area contributed by atoms with Gasteiger partial charge >= 0.3 is 0 Å². The van der Waals surface area contributed by atoms with Gasteiger partial charge in [0.1, 0.15) is 5.67 Å². The van der Waals surface area contributed by atoms with E-state index in [1.165, 1.54) is 12.8 Å². The quantitative estimate of drug-likeness (QED) is 0.920. The predicted octanol–water partition coefficient (Wildman–Crippen LogP) is 3.37. The molecule has 1 N–H and O–H groups in total. The summed E-state index contributed by atoms with van der Waals surface area (Å²) < 4.78 is 15.0. The van der Waals surface area contributed by atoms with Crippen molar-refractivity contribution in [2.75, 3.05) is 32.7 Å². The highest BCUT2D eigenvalue weighted by Gasteiger charge is 2.36. The highest BCUT2D eigenvalue weighted by atomic mass is 35.5. The molecule has 21 heavy (non-hydrogen) atoms. The average Bonchev–Trinajstić information content (AvgIpc) is 2.52. The number of benzene rings is 1. The van der Waals surface area contributed by atoms with Crippen LogP contribution in [0.5, 0.6) is 0 Å². The fraction of sp³-hybridized carbons (Fsp3) is 0.647. The Morgan fingerprint density at radius 2 is 1.90 bits per heavy atom. The summed E-state index contributed by atoms with van der Waals surface area (Å²) in [4.78, 5) is 2.46. The van der Waals surface area contributed by atoms with Crippen molar-refractivity contribution in [3.05, 3.63) is 35.9 Å². The Morgan fingerprint density at radius 3 is 2.52 bits per heavy atom. The first kappa shape index (κ1) is 16.7. The Morgan fingerprint density at radius 1 is 1.19 bits per heavy atom. The zero-order chi connectivity index (χ0) is 13.8. The number of nitrogens with zero attached hydrogens (tertiary/aromatic N) is 1. The first-order chi connectivity index (χ1) is 9.76. The Balaban J connectivity index is 0.00000161. The van der Waals surface area contributed by atoms with Crippen molar-refractivity contribution in [1.82, 2.24) is 10.2 Å². The van der Waals surface area contributed by atoms with Crippen molar-refractivity contribution in [1.29, 1.82) is 0 Å². The van der Waals surface area contributed by atoms with E-state index in [-0.39, 0.29) is 12.4 Å². The highest BCUT2D eigenvalue weighted by molar-refractivity contribution is 5.85. The Labute approximate surface area is 133 Å². The first-order valence-electron chi connectivity index (χ1n) is 7.94. The van der Waals surface area contributed by atoms with Gasteiger partial charge in [0.25, 0.3) is 0 Å². The molecule has 0 spiro atoms. The molecule has 1 unspecified atom stereocenters. The summed E-state index contributed by atoms with van der Waals surface area (Å²) in [7, 11) is 0. The summed E-state index contributed by atoms with van der Waals surface area (Å²) in [5, 5.41) is 3.47. The SMILES string of the molecule is Cl.FC1(c2ccccc2)CCN(CC2CCCNC2)CC1. The molecule has 0 saturated carbocycles. The lowest BCUT2D eigenvalue weighted by Gasteiger charge is -2.38. The zero-order valence-electron chi connectivity index (χ0n) is 12.6. The molecule has 1 aromatic rings. The third-order valence-electron chi connectivity index (χ3n) is 4.86. The van der Waals surface area contributed by atoms with Gasteiger partial charge in [0.05, 0.1) is 0 Å². The topological polar surface area (TPSA) is 15.3 Å². The van der Waals surface area contributed by atoms with E-state index >= 15 is 4.39 Å². The van der Waals surface area contributed by atoms with E-state index in [9.17, 15) is 0 Å². The van der Waals surface area contributed by atoms with Gasteiger partial charge in [0.2, 0.25) is 0 Å².